The fraction of sp³-hybridized carbons (Fsp3) is 0.467. The molecule has 0 bridgehead atoms. The number of aryl methyl sites for hydroxylation is 1. The van der Waals surface area contributed by atoms with Gasteiger partial charge >= 0.3 is 5.97 Å². The van der Waals surface area contributed by atoms with E-state index in [1.807, 2.05) is 0 Å². The molecule has 0 atom stereocenters. The molecule has 0 unspecified atom stereocenters. The SMILES string of the molecule is Cc1ccc(S(=O)(=O)N2CCCCC2)cc1C(=O)OCC#N. The van der Waals surface area contributed by atoms with Crippen molar-refractivity contribution in [3.05, 3.63) is 29.3 Å². The Morgan fingerprint density at radius 2 is 2.00 bits per heavy atom. The van der Waals surface area contributed by atoms with Crippen LogP contribution < -0.4 is 0 Å². The van der Waals surface area contributed by atoms with E-state index in [0.717, 1.165) is 19.3 Å². The Morgan fingerprint density at radius 3 is 2.64 bits per heavy atom. The van der Waals surface area contributed by atoms with Crippen molar-refractivity contribution in [2.75, 3.05) is 19.7 Å². The van der Waals surface area contributed by atoms with E-state index in [1.165, 1.54) is 16.4 Å². The minimum atomic E-state index is -3.59. The van der Waals surface area contributed by atoms with E-state index in [-0.39, 0.29) is 17.1 Å². The maximum Gasteiger partial charge on any atom is 0.339 e. The minimum Gasteiger partial charge on any atom is -0.447 e. The Bertz CT molecular complexity index is 701. The summed E-state index contributed by atoms with van der Waals surface area (Å²) < 4.78 is 31.4. The molecule has 22 heavy (non-hydrogen) atoms. The van der Waals surface area contributed by atoms with E-state index >= 15 is 0 Å². The van der Waals surface area contributed by atoms with Crippen LogP contribution in [0.4, 0.5) is 0 Å². The molecule has 1 aromatic rings. The fourth-order valence-corrected chi connectivity index (χ4v) is 3.96. The Labute approximate surface area is 130 Å². The number of hydrogen-bond acceptors (Lipinski definition) is 5. The molecular weight excluding hydrogens is 304 g/mol. The summed E-state index contributed by atoms with van der Waals surface area (Å²) in [5.41, 5.74) is 0.786. The average molecular weight is 322 g/mol. The molecule has 7 heteroatoms. The molecule has 0 aromatic heterocycles. The minimum absolute atomic E-state index is 0.0870. The summed E-state index contributed by atoms with van der Waals surface area (Å²) in [6.07, 6.45) is 2.73. The first kappa shape index (κ1) is 16.5. The van der Waals surface area contributed by atoms with Gasteiger partial charge in [0.1, 0.15) is 6.07 Å². The van der Waals surface area contributed by atoms with E-state index in [1.54, 1.807) is 19.1 Å². The molecular formula is C15H18N2O4S. The number of sulfonamides is 1. The molecule has 2 rings (SSSR count). The average Bonchev–Trinajstić information content (AvgIpc) is 2.53. The third kappa shape index (κ3) is 3.46. The fourth-order valence-electron chi connectivity index (χ4n) is 2.41. The van der Waals surface area contributed by atoms with Crippen LogP contribution in [-0.2, 0) is 14.8 Å². The van der Waals surface area contributed by atoms with Crippen LogP contribution in [0.15, 0.2) is 23.1 Å². The van der Waals surface area contributed by atoms with Crippen LogP contribution in [-0.4, -0.2) is 38.4 Å². The predicted molar refractivity (Wildman–Crippen MR) is 79.7 cm³/mol. The Kier molecular flexibility index (Phi) is 5.16. The number of esters is 1. The molecule has 0 spiro atoms. The first-order valence-corrected chi connectivity index (χ1v) is 8.55. The second kappa shape index (κ2) is 6.90. The van der Waals surface area contributed by atoms with E-state index < -0.39 is 16.0 Å². The van der Waals surface area contributed by atoms with Crippen molar-refractivity contribution in [3.63, 3.8) is 0 Å². The van der Waals surface area contributed by atoms with Crippen molar-refractivity contribution in [1.82, 2.24) is 4.31 Å². The molecule has 118 valence electrons. The van der Waals surface area contributed by atoms with Gasteiger partial charge in [0.25, 0.3) is 0 Å². The summed E-state index contributed by atoms with van der Waals surface area (Å²) in [6, 6.07) is 6.13. The lowest BCUT2D eigenvalue weighted by atomic mass is 10.1. The molecule has 1 fully saturated rings. The zero-order valence-corrected chi connectivity index (χ0v) is 13.2. The van der Waals surface area contributed by atoms with E-state index in [4.69, 9.17) is 10.00 Å². The smallest absolute Gasteiger partial charge is 0.339 e. The normalized spacial score (nSPS) is 16.0. The van der Waals surface area contributed by atoms with Crippen molar-refractivity contribution in [2.45, 2.75) is 31.1 Å². The number of rotatable bonds is 4. The summed E-state index contributed by atoms with van der Waals surface area (Å²) in [5.74, 6) is -0.685. The monoisotopic (exact) mass is 322 g/mol. The van der Waals surface area contributed by atoms with Gasteiger partial charge in [-0.05, 0) is 37.5 Å². The molecule has 6 nitrogen and oxygen atoms in total. The summed E-state index contributed by atoms with van der Waals surface area (Å²) in [6.45, 7) is 2.34. The molecule has 1 heterocycles. The van der Waals surface area contributed by atoms with Gasteiger partial charge in [0.05, 0.1) is 10.5 Å². The molecule has 0 radical (unpaired) electrons. The van der Waals surface area contributed by atoms with Gasteiger partial charge in [-0.3, -0.25) is 0 Å². The highest BCUT2D eigenvalue weighted by Gasteiger charge is 2.27. The summed E-state index contributed by atoms with van der Waals surface area (Å²) >= 11 is 0. The number of nitrogens with zero attached hydrogens (tertiary/aromatic N) is 2. The van der Waals surface area contributed by atoms with Gasteiger partial charge in [0.2, 0.25) is 10.0 Å². The summed E-state index contributed by atoms with van der Waals surface area (Å²) in [5, 5.41) is 8.46. The number of carbonyl (C=O) groups excluding carboxylic acids is 1. The maximum absolute atomic E-state index is 12.6. The molecule has 0 N–H and O–H groups in total. The highest BCUT2D eigenvalue weighted by atomic mass is 32.2. The van der Waals surface area contributed by atoms with Gasteiger partial charge in [-0.15, -0.1) is 0 Å². The third-order valence-electron chi connectivity index (χ3n) is 3.65. The van der Waals surface area contributed by atoms with Gasteiger partial charge in [-0.25, -0.2) is 13.2 Å². The van der Waals surface area contributed by atoms with Gasteiger partial charge in [-0.1, -0.05) is 12.5 Å². The van der Waals surface area contributed by atoms with Gasteiger partial charge in [0, 0.05) is 13.1 Å². The number of carbonyl (C=O) groups is 1. The van der Waals surface area contributed by atoms with Crippen molar-refractivity contribution in [2.24, 2.45) is 0 Å². The standard InChI is InChI=1S/C15H18N2O4S/c1-12-5-6-13(11-14(12)15(18)21-10-7-16)22(19,20)17-8-3-2-4-9-17/h5-6,11H,2-4,8-10H2,1H3. The second-order valence-electron chi connectivity index (χ2n) is 5.18. The Balaban J connectivity index is 2.32. The van der Waals surface area contributed by atoms with Crippen LogP contribution in [0.3, 0.4) is 0 Å². The first-order chi connectivity index (χ1) is 10.5. The van der Waals surface area contributed by atoms with Gasteiger partial charge in [0.15, 0.2) is 6.61 Å². The lowest BCUT2D eigenvalue weighted by Crippen LogP contribution is -2.35. The largest absolute Gasteiger partial charge is 0.447 e. The topological polar surface area (TPSA) is 87.5 Å². The van der Waals surface area contributed by atoms with Gasteiger partial charge in [-0.2, -0.15) is 9.57 Å². The van der Waals surface area contributed by atoms with Crippen molar-refractivity contribution in [3.8, 4) is 6.07 Å². The predicted octanol–water partition coefficient (Wildman–Crippen LogP) is 1.85. The van der Waals surface area contributed by atoms with E-state index in [9.17, 15) is 13.2 Å². The van der Waals surface area contributed by atoms with E-state index in [2.05, 4.69) is 0 Å². The van der Waals surface area contributed by atoms with Crippen molar-refractivity contribution in [1.29, 1.82) is 5.26 Å². The Morgan fingerprint density at radius 1 is 1.32 bits per heavy atom. The number of ether oxygens (including phenoxy) is 1. The quantitative estimate of drug-likeness (QED) is 0.789. The van der Waals surface area contributed by atoms with Crippen LogP contribution in [0.2, 0.25) is 0 Å². The van der Waals surface area contributed by atoms with Crippen LogP contribution in [0.5, 0.6) is 0 Å². The summed E-state index contributed by atoms with van der Waals surface area (Å²) in [7, 11) is -3.59. The Hall–Kier alpha value is -1.91. The number of benzene rings is 1. The number of piperidine rings is 1. The maximum atomic E-state index is 12.6. The first-order valence-electron chi connectivity index (χ1n) is 7.11. The number of nitriles is 1. The lowest BCUT2D eigenvalue weighted by molar-refractivity contribution is 0.0554. The van der Waals surface area contributed by atoms with Gasteiger partial charge < -0.3 is 4.74 Å². The molecule has 0 saturated carbocycles. The van der Waals surface area contributed by atoms with E-state index in [0.29, 0.717) is 18.7 Å². The third-order valence-corrected chi connectivity index (χ3v) is 5.54. The molecule has 1 aliphatic heterocycles. The zero-order chi connectivity index (χ0) is 16.2. The second-order valence-corrected chi connectivity index (χ2v) is 7.11. The zero-order valence-electron chi connectivity index (χ0n) is 12.4. The van der Waals surface area contributed by atoms with Crippen molar-refractivity contribution >= 4 is 16.0 Å². The summed E-state index contributed by atoms with van der Waals surface area (Å²) in [4.78, 5) is 12.0. The molecule has 1 aliphatic rings. The van der Waals surface area contributed by atoms with Crippen LogP contribution >= 0.6 is 0 Å². The highest BCUT2D eigenvalue weighted by molar-refractivity contribution is 7.89. The highest BCUT2D eigenvalue weighted by Crippen LogP contribution is 2.23. The van der Waals surface area contributed by atoms with Crippen LogP contribution in [0.1, 0.15) is 35.2 Å². The molecule has 0 amide bonds. The van der Waals surface area contributed by atoms with Crippen LogP contribution in [0, 0.1) is 18.3 Å². The molecule has 1 saturated heterocycles. The number of hydrogen-bond donors (Lipinski definition) is 0. The lowest BCUT2D eigenvalue weighted by Gasteiger charge is -2.26. The van der Waals surface area contributed by atoms with Crippen molar-refractivity contribution < 1.29 is 17.9 Å². The molecule has 1 aromatic carbocycles. The van der Waals surface area contributed by atoms with Crippen LogP contribution in [0.25, 0.3) is 0 Å². The molecule has 0 aliphatic carbocycles.